The van der Waals surface area contributed by atoms with E-state index < -0.39 is 16.4 Å². The molecule has 0 aliphatic heterocycles. The molecule has 0 amide bonds. The van der Waals surface area contributed by atoms with Crippen molar-refractivity contribution >= 4 is 40.8 Å². The van der Waals surface area contributed by atoms with Crippen molar-refractivity contribution in [1.29, 1.82) is 0 Å². The number of nitrogens with zero attached hydrogens (tertiary/aromatic N) is 2. The Balaban J connectivity index is 1.95. The van der Waals surface area contributed by atoms with Crippen LogP contribution in [0.4, 0.5) is 10.1 Å². The lowest BCUT2D eigenvalue weighted by atomic mass is 10.2. The quantitative estimate of drug-likeness (QED) is 0.318. The molecule has 2 aromatic rings. The predicted molar refractivity (Wildman–Crippen MR) is 96.3 cm³/mol. The van der Waals surface area contributed by atoms with Gasteiger partial charge in [0.1, 0.15) is 5.82 Å². The molecule has 2 aromatic carbocycles. The van der Waals surface area contributed by atoms with E-state index in [4.69, 9.17) is 23.8 Å². The van der Waals surface area contributed by atoms with E-state index in [-0.39, 0.29) is 21.5 Å². The summed E-state index contributed by atoms with van der Waals surface area (Å²) >= 11 is 10.8. The summed E-state index contributed by atoms with van der Waals surface area (Å²) in [5.74, 6) is -0.880. The van der Waals surface area contributed by atoms with Gasteiger partial charge in [0.15, 0.2) is 5.11 Å². The van der Waals surface area contributed by atoms with Gasteiger partial charge in [-0.15, -0.1) is 0 Å². The number of hydrogen-bond acceptors (Lipinski definition) is 5. The molecule has 130 valence electrons. The molecule has 0 atom stereocenters. The molecule has 0 saturated heterocycles. The van der Waals surface area contributed by atoms with Crippen LogP contribution in [0.5, 0.6) is 5.75 Å². The third-order valence-corrected chi connectivity index (χ3v) is 3.47. The van der Waals surface area contributed by atoms with Crippen LogP contribution in [0.15, 0.2) is 41.5 Å². The van der Waals surface area contributed by atoms with Crippen LogP contribution in [0.2, 0.25) is 5.02 Å². The van der Waals surface area contributed by atoms with Crippen molar-refractivity contribution in [3.05, 3.63) is 68.5 Å². The van der Waals surface area contributed by atoms with Gasteiger partial charge in [-0.2, -0.15) is 5.10 Å². The second-order valence-corrected chi connectivity index (χ2v) is 5.64. The molecule has 25 heavy (non-hydrogen) atoms. The van der Waals surface area contributed by atoms with Crippen molar-refractivity contribution in [2.24, 2.45) is 5.10 Å². The minimum absolute atomic E-state index is 0.0630. The first-order valence-corrected chi connectivity index (χ1v) is 7.63. The van der Waals surface area contributed by atoms with Gasteiger partial charge in [0, 0.05) is 23.2 Å². The molecule has 0 fully saturated rings. The molecule has 0 aromatic heterocycles. The summed E-state index contributed by atoms with van der Waals surface area (Å²) in [5.41, 5.74) is 2.86. The lowest BCUT2D eigenvalue weighted by Crippen LogP contribution is -2.31. The number of nitro benzene ring substituents is 1. The molecular weight excluding hydrogens is 371 g/mol. The standard InChI is InChI=1S/C15H12ClFN4O3S/c16-11-5-10(14(22)13(6-11)21(23)24)8-19-20-15(25)18-7-9-1-3-12(17)4-2-9/h1-6,8,22H,7H2,(H2,18,20,25)/b19-8+. The Labute approximate surface area is 152 Å². The van der Waals surface area contributed by atoms with E-state index in [1.54, 1.807) is 12.1 Å². The minimum atomic E-state index is -0.749. The SMILES string of the molecule is O=[N+]([O-])c1cc(Cl)cc(/C=N/NC(=S)NCc2ccc(F)cc2)c1O. The largest absolute Gasteiger partial charge is 0.502 e. The van der Waals surface area contributed by atoms with Gasteiger partial charge in [0.25, 0.3) is 0 Å². The van der Waals surface area contributed by atoms with E-state index in [1.807, 2.05) is 0 Å². The van der Waals surface area contributed by atoms with E-state index in [1.165, 1.54) is 18.2 Å². The minimum Gasteiger partial charge on any atom is -0.502 e. The number of benzene rings is 2. The molecule has 0 unspecified atom stereocenters. The molecule has 0 bridgehead atoms. The smallest absolute Gasteiger partial charge is 0.312 e. The molecule has 10 heteroatoms. The fraction of sp³-hybridized carbons (Fsp3) is 0.0667. The van der Waals surface area contributed by atoms with Crippen molar-refractivity contribution in [2.75, 3.05) is 0 Å². The lowest BCUT2D eigenvalue weighted by molar-refractivity contribution is -0.385. The number of aromatic hydroxyl groups is 1. The van der Waals surface area contributed by atoms with Crippen molar-refractivity contribution < 1.29 is 14.4 Å². The van der Waals surface area contributed by atoms with Crippen LogP contribution in [-0.2, 0) is 6.54 Å². The van der Waals surface area contributed by atoms with Crippen LogP contribution in [0, 0.1) is 15.9 Å². The Morgan fingerprint density at radius 1 is 1.40 bits per heavy atom. The van der Waals surface area contributed by atoms with Crippen LogP contribution in [-0.4, -0.2) is 21.4 Å². The highest BCUT2D eigenvalue weighted by Crippen LogP contribution is 2.32. The number of halogens is 2. The Morgan fingerprint density at radius 3 is 2.72 bits per heavy atom. The van der Waals surface area contributed by atoms with Crippen molar-refractivity contribution in [1.82, 2.24) is 10.7 Å². The summed E-state index contributed by atoms with van der Waals surface area (Å²) in [4.78, 5) is 10.1. The van der Waals surface area contributed by atoms with E-state index >= 15 is 0 Å². The van der Waals surface area contributed by atoms with Gasteiger partial charge < -0.3 is 10.4 Å². The predicted octanol–water partition coefficient (Wildman–Crippen LogP) is 3.09. The van der Waals surface area contributed by atoms with E-state index in [9.17, 15) is 19.6 Å². The number of phenolic OH excluding ortho intramolecular Hbond substituents is 1. The molecule has 2 rings (SSSR count). The number of rotatable bonds is 5. The van der Waals surface area contributed by atoms with Crippen molar-refractivity contribution in [3.63, 3.8) is 0 Å². The Bertz CT molecular complexity index is 830. The zero-order valence-corrected chi connectivity index (χ0v) is 14.1. The number of thiocarbonyl (C=S) groups is 1. The Morgan fingerprint density at radius 2 is 2.08 bits per heavy atom. The third kappa shape index (κ3) is 5.37. The van der Waals surface area contributed by atoms with Crippen LogP contribution in [0.25, 0.3) is 0 Å². The topological polar surface area (TPSA) is 99.8 Å². The first-order chi connectivity index (χ1) is 11.9. The van der Waals surface area contributed by atoms with Gasteiger partial charge in [0.05, 0.1) is 11.1 Å². The first kappa shape index (κ1) is 18.6. The molecule has 0 heterocycles. The number of nitrogens with one attached hydrogen (secondary N) is 2. The molecule has 0 aliphatic rings. The number of nitro groups is 1. The zero-order valence-electron chi connectivity index (χ0n) is 12.6. The summed E-state index contributed by atoms with van der Waals surface area (Å²) < 4.78 is 12.8. The highest BCUT2D eigenvalue weighted by Gasteiger charge is 2.17. The van der Waals surface area contributed by atoms with Crippen LogP contribution >= 0.6 is 23.8 Å². The maximum absolute atomic E-state index is 12.8. The first-order valence-electron chi connectivity index (χ1n) is 6.85. The molecule has 0 radical (unpaired) electrons. The average molecular weight is 383 g/mol. The van der Waals surface area contributed by atoms with E-state index in [2.05, 4.69) is 15.8 Å². The van der Waals surface area contributed by atoms with Crippen molar-refractivity contribution in [3.8, 4) is 5.75 Å². The second kappa shape index (κ2) is 8.36. The lowest BCUT2D eigenvalue weighted by Gasteiger charge is -2.07. The maximum atomic E-state index is 12.8. The summed E-state index contributed by atoms with van der Waals surface area (Å²) in [7, 11) is 0. The third-order valence-electron chi connectivity index (χ3n) is 3.02. The van der Waals surface area contributed by atoms with E-state index in [0.29, 0.717) is 6.54 Å². The van der Waals surface area contributed by atoms with Gasteiger partial charge in [-0.05, 0) is 36.0 Å². The van der Waals surface area contributed by atoms with Crippen molar-refractivity contribution in [2.45, 2.75) is 6.54 Å². The maximum Gasteiger partial charge on any atom is 0.312 e. The van der Waals surface area contributed by atoms with Gasteiger partial charge in [-0.1, -0.05) is 23.7 Å². The van der Waals surface area contributed by atoms with Gasteiger partial charge in [-0.25, -0.2) is 4.39 Å². The van der Waals surface area contributed by atoms with Crippen LogP contribution in [0.1, 0.15) is 11.1 Å². The monoisotopic (exact) mass is 382 g/mol. The second-order valence-electron chi connectivity index (χ2n) is 4.80. The Kier molecular flexibility index (Phi) is 6.20. The number of hydrogen-bond donors (Lipinski definition) is 3. The summed E-state index contributed by atoms with van der Waals surface area (Å²) in [6.45, 7) is 0.357. The summed E-state index contributed by atoms with van der Waals surface area (Å²) in [5, 5.41) is 27.5. The fourth-order valence-corrected chi connectivity index (χ4v) is 2.17. The van der Waals surface area contributed by atoms with Gasteiger partial charge in [-0.3, -0.25) is 15.5 Å². The highest BCUT2D eigenvalue weighted by atomic mass is 35.5. The normalized spacial score (nSPS) is 10.6. The van der Waals surface area contributed by atoms with E-state index in [0.717, 1.165) is 17.8 Å². The van der Waals surface area contributed by atoms with Gasteiger partial charge in [0.2, 0.25) is 5.75 Å². The molecule has 0 spiro atoms. The Hall–Kier alpha value is -2.78. The summed E-state index contributed by atoms with van der Waals surface area (Å²) in [6.07, 6.45) is 1.15. The van der Waals surface area contributed by atoms with Crippen LogP contribution in [0.3, 0.4) is 0 Å². The number of phenols is 1. The molecular formula is C15H12ClFN4O3S. The fourth-order valence-electron chi connectivity index (χ4n) is 1.83. The molecule has 0 aliphatic carbocycles. The van der Waals surface area contributed by atoms with Crippen LogP contribution < -0.4 is 10.7 Å². The summed E-state index contributed by atoms with van der Waals surface area (Å²) in [6, 6.07) is 8.25. The average Bonchev–Trinajstić information content (AvgIpc) is 2.57. The number of hydrazone groups is 1. The molecule has 0 saturated carbocycles. The molecule has 3 N–H and O–H groups in total. The highest BCUT2D eigenvalue weighted by molar-refractivity contribution is 7.80. The zero-order chi connectivity index (χ0) is 18.4. The van der Waals surface area contributed by atoms with Gasteiger partial charge >= 0.3 is 5.69 Å². The molecule has 7 nitrogen and oxygen atoms in total.